The second kappa shape index (κ2) is 4.65. The zero-order chi connectivity index (χ0) is 10.6. The number of aldehydes is 1. The Morgan fingerprint density at radius 2 is 2.29 bits per heavy atom. The van der Waals surface area contributed by atoms with Crippen LogP contribution in [0.3, 0.4) is 0 Å². The number of carbonyl (C=O) groups is 1. The smallest absolute Gasteiger partial charge is 0.160 e. The molecule has 0 spiro atoms. The highest BCUT2D eigenvalue weighted by Crippen LogP contribution is 2.30. The van der Waals surface area contributed by atoms with Gasteiger partial charge in [0.1, 0.15) is 6.29 Å². The molecule has 1 N–H and O–H groups in total. The Bertz CT molecular complexity index is 320. The Kier molecular flexibility index (Phi) is 3.51. The summed E-state index contributed by atoms with van der Waals surface area (Å²) >= 11 is 0. The SMILES string of the molecule is COc1ccc(C(C)CC=O)cc1O. The lowest BCUT2D eigenvalue weighted by molar-refractivity contribution is -0.108. The number of carbonyl (C=O) groups excluding carboxylic acids is 1. The number of benzene rings is 1. The van der Waals surface area contributed by atoms with Crippen molar-refractivity contribution in [3.8, 4) is 11.5 Å². The van der Waals surface area contributed by atoms with E-state index in [1.54, 1.807) is 12.1 Å². The predicted octanol–water partition coefficient (Wildman–Crippen LogP) is 2.09. The highest BCUT2D eigenvalue weighted by Gasteiger charge is 2.08. The third-order valence-electron chi connectivity index (χ3n) is 2.22. The van der Waals surface area contributed by atoms with Gasteiger partial charge < -0.3 is 14.6 Å². The second-order valence-corrected chi connectivity index (χ2v) is 3.23. The first-order valence-corrected chi connectivity index (χ1v) is 4.49. The Hall–Kier alpha value is -1.51. The molecule has 0 radical (unpaired) electrons. The van der Waals surface area contributed by atoms with Crippen LogP contribution in [0.2, 0.25) is 0 Å². The van der Waals surface area contributed by atoms with E-state index in [2.05, 4.69) is 0 Å². The molecule has 0 amide bonds. The second-order valence-electron chi connectivity index (χ2n) is 3.23. The molecular formula is C11H14O3. The largest absolute Gasteiger partial charge is 0.504 e. The highest BCUT2D eigenvalue weighted by atomic mass is 16.5. The maximum atomic E-state index is 10.3. The molecule has 0 saturated carbocycles. The van der Waals surface area contributed by atoms with Gasteiger partial charge in [-0.1, -0.05) is 13.0 Å². The van der Waals surface area contributed by atoms with Crippen molar-refractivity contribution in [1.82, 2.24) is 0 Å². The van der Waals surface area contributed by atoms with E-state index in [4.69, 9.17) is 4.74 Å². The van der Waals surface area contributed by atoms with Gasteiger partial charge >= 0.3 is 0 Å². The van der Waals surface area contributed by atoms with E-state index in [9.17, 15) is 9.90 Å². The van der Waals surface area contributed by atoms with E-state index in [1.165, 1.54) is 7.11 Å². The van der Waals surface area contributed by atoms with Crippen molar-refractivity contribution in [1.29, 1.82) is 0 Å². The van der Waals surface area contributed by atoms with Crippen LogP contribution in [0.15, 0.2) is 18.2 Å². The molecule has 0 bridgehead atoms. The van der Waals surface area contributed by atoms with Crippen LogP contribution in [0, 0.1) is 0 Å². The minimum absolute atomic E-state index is 0.114. The number of rotatable bonds is 4. The Labute approximate surface area is 83.3 Å². The van der Waals surface area contributed by atoms with E-state index < -0.39 is 0 Å². The average molecular weight is 194 g/mol. The summed E-state index contributed by atoms with van der Waals surface area (Å²) in [6, 6.07) is 5.19. The molecule has 14 heavy (non-hydrogen) atoms. The van der Waals surface area contributed by atoms with Gasteiger partial charge in [0.25, 0.3) is 0 Å². The van der Waals surface area contributed by atoms with Crippen LogP contribution in [-0.4, -0.2) is 18.5 Å². The first-order valence-electron chi connectivity index (χ1n) is 4.49. The van der Waals surface area contributed by atoms with Gasteiger partial charge in [0.2, 0.25) is 0 Å². The van der Waals surface area contributed by atoms with Crippen LogP contribution in [0.4, 0.5) is 0 Å². The van der Waals surface area contributed by atoms with E-state index >= 15 is 0 Å². The van der Waals surface area contributed by atoms with Gasteiger partial charge in [-0.3, -0.25) is 0 Å². The summed E-state index contributed by atoms with van der Waals surface area (Å²) in [6.45, 7) is 1.94. The van der Waals surface area contributed by atoms with Crippen LogP contribution < -0.4 is 4.74 Å². The maximum Gasteiger partial charge on any atom is 0.160 e. The molecule has 0 saturated heterocycles. The zero-order valence-corrected chi connectivity index (χ0v) is 8.36. The third-order valence-corrected chi connectivity index (χ3v) is 2.22. The van der Waals surface area contributed by atoms with Crippen molar-refractivity contribution < 1.29 is 14.6 Å². The van der Waals surface area contributed by atoms with Gasteiger partial charge in [-0.2, -0.15) is 0 Å². The van der Waals surface area contributed by atoms with Crippen molar-refractivity contribution in [3.63, 3.8) is 0 Å². The summed E-state index contributed by atoms with van der Waals surface area (Å²) in [7, 11) is 1.50. The Morgan fingerprint density at radius 3 is 2.79 bits per heavy atom. The van der Waals surface area contributed by atoms with Crippen LogP contribution in [0.1, 0.15) is 24.8 Å². The first kappa shape index (κ1) is 10.6. The molecule has 0 aliphatic rings. The van der Waals surface area contributed by atoms with Gasteiger partial charge in [-0.25, -0.2) is 0 Å². The molecule has 1 atom stereocenters. The van der Waals surface area contributed by atoms with Crippen molar-refractivity contribution in [2.24, 2.45) is 0 Å². The van der Waals surface area contributed by atoms with Crippen LogP contribution in [0.5, 0.6) is 11.5 Å². The van der Waals surface area contributed by atoms with Crippen molar-refractivity contribution >= 4 is 6.29 Å². The lowest BCUT2D eigenvalue weighted by atomic mass is 9.98. The van der Waals surface area contributed by atoms with Crippen LogP contribution in [0.25, 0.3) is 0 Å². The lowest BCUT2D eigenvalue weighted by Crippen LogP contribution is -1.94. The summed E-state index contributed by atoms with van der Waals surface area (Å²) in [5.41, 5.74) is 0.940. The fourth-order valence-corrected chi connectivity index (χ4v) is 1.29. The van der Waals surface area contributed by atoms with Gasteiger partial charge in [-0.05, 0) is 23.6 Å². The number of hydrogen-bond donors (Lipinski definition) is 1. The quantitative estimate of drug-likeness (QED) is 0.746. The number of hydrogen-bond acceptors (Lipinski definition) is 3. The first-order chi connectivity index (χ1) is 6.69. The fourth-order valence-electron chi connectivity index (χ4n) is 1.29. The molecule has 0 aliphatic carbocycles. The summed E-state index contributed by atoms with van der Waals surface area (Å²) in [5, 5.41) is 9.50. The number of phenols is 1. The number of phenolic OH excluding ortho intramolecular Hbond substituents is 1. The molecule has 1 unspecified atom stereocenters. The van der Waals surface area contributed by atoms with E-state index in [0.717, 1.165) is 11.8 Å². The van der Waals surface area contributed by atoms with E-state index in [0.29, 0.717) is 12.2 Å². The van der Waals surface area contributed by atoms with Gasteiger partial charge in [-0.15, -0.1) is 0 Å². The summed E-state index contributed by atoms with van der Waals surface area (Å²) in [5.74, 6) is 0.694. The molecule has 0 heterocycles. The molecule has 1 rings (SSSR count). The lowest BCUT2D eigenvalue weighted by Gasteiger charge is -2.10. The van der Waals surface area contributed by atoms with E-state index in [-0.39, 0.29) is 11.7 Å². The summed E-state index contributed by atoms with van der Waals surface area (Å²) < 4.78 is 4.92. The minimum Gasteiger partial charge on any atom is -0.504 e. The van der Waals surface area contributed by atoms with Crippen molar-refractivity contribution in [3.05, 3.63) is 23.8 Å². The topological polar surface area (TPSA) is 46.5 Å². The summed E-state index contributed by atoms with van der Waals surface area (Å²) in [6.07, 6.45) is 1.34. The average Bonchev–Trinajstić information content (AvgIpc) is 2.18. The highest BCUT2D eigenvalue weighted by molar-refractivity contribution is 5.52. The molecular weight excluding hydrogens is 180 g/mol. The number of aromatic hydroxyl groups is 1. The maximum absolute atomic E-state index is 10.3. The van der Waals surface area contributed by atoms with Gasteiger partial charge in [0.05, 0.1) is 7.11 Å². The molecule has 3 heteroatoms. The molecule has 0 fully saturated rings. The zero-order valence-electron chi connectivity index (χ0n) is 8.36. The Balaban J connectivity index is 2.90. The molecule has 3 nitrogen and oxygen atoms in total. The number of methoxy groups -OCH3 is 1. The van der Waals surface area contributed by atoms with E-state index in [1.807, 2.05) is 13.0 Å². The Morgan fingerprint density at radius 1 is 1.57 bits per heavy atom. The molecule has 1 aromatic carbocycles. The fraction of sp³-hybridized carbons (Fsp3) is 0.364. The molecule has 1 aromatic rings. The minimum atomic E-state index is 0.114. The summed E-state index contributed by atoms with van der Waals surface area (Å²) in [4.78, 5) is 10.3. The molecule has 76 valence electrons. The van der Waals surface area contributed by atoms with Gasteiger partial charge in [0, 0.05) is 6.42 Å². The normalized spacial score (nSPS) is 12.1. The standard InChI is InChI=1S/C11H14O3/c1-8(5-6-12)9-3-4-11(14-2)10(13)7-9/h3-4,6-8,13H,5H2,1-2H3. The van der Waals surface area contributed by atoms with Crippen LogP contribution in [-0.2, 0) is 4.79 Å². The molecule has 0 aliphatic heterocycles. The van der Waals surface area contributed by atoms with Crippen molar-refractivity contribution in [2.45, 2.75) is 19.3 Å². The van der Waals surface area contributed by atoms with Gasteiger partial charge in [0.15, 0.2) is 11.5 Å². The monoisotopic (exact) mass is 194 g/mol. The van der Waals surface area contributed by atoms with Crippen LogP contribution >= 0.6 is 0 Å². The third kappa shape index (κ3) is 2.25. The predicted molar refractivity (Wildman–Crippen MR) is 53.8 cm³/mol. The van der Waals surface area contributed by atoms with Crippen molar-refractivity contribution in [2.75, 3.05) is 7.11 Å². The number of ether oxygens (including phenoxy) is 1. The molecule has 0 aromatic heterocycles.